The number of aromatic nitrogens is 1. The summed E-state index contributed by atoms with van der Waals surface area (Å²) in [6, 6.07) is 22.8. The van der Waals surface area contributed by atoms with Crippen LogP contribution >= 0.6 is 23.2 Å². The van der Waals surface area contributed by atoms with Crippen molar-refractivity contribution < 1.29 is 22.7 Å². The lowest BCUT2D eigenvalue weighted by Gasteiger charge is -2.15. The Hall–Kier alpha value is -3.68. The number of nitrogens with two attached hydrogens (primary N) is 1. The minimum atomic E-state index is -4.85. The second kappa shape index (κ2) is 9.08. The van der Waals surface area contributed by atoms with Crippen LogP contribution in [0.1, 0.15) is 15.9 Å². The van der Waals surface area contributed by atoms with Gasteiger partial charge in [-0.2, -0.15) is 0 Å². The second-order valence-electron chi connectivity index (χ2n) is 8.05. The molecule has 0 aliphatic heterocycles. The lowest BCUT2D eigenvalue weighted by Crippen LogP contribution is -2.18. The van der Waals surface area contributed by atoms with Gasteiger partial charge in [-0.3, -0.25) is 4.79 Å². The Morgan fingerprint density at radius 1 is 0.972 bits per heavy atom. The van der Waals surface area contributed by atoms with Crippen LogP contribution in [0, 0.1) is 6.07 Å². The Bertz CT molecular complexity index is 1620. The number of alkyl halides is 3. The number of benzene rings is 4. The number of carbonyl (C=O) groups is 1. The first-order chi connectivity index (χ1) is 17.1. The van der Waals surface area contributed by atoms with E-state index in [4.69, 9.17) is 28.9 Å². The molecule has 0 saturated carbocycles. The fraction of sp³-hybridized carbons (Fsp3) is 0.0741. The van der Waals surface area contributed by atoms with Crippen LogP contribution < -0.4 is 10.5 Å². The van der Waals surface area contributed by atoms with Gasteiger partial charge in [0.1, 0.15) is 5.75 Å². The molecule has 4 nitrogen and oxygen atoms in total. The summed E-state index contributed by atoms with van der Waals surface area (Å²) in [4.78, 5) is 12.2. The van der Waals surface area contributed by atoms with Gasteiger partial charge in [0.15, 0.2) is 0 Å². The predicted octanol–water partition coefficient (Wildman–Crippen LogP) is 7.61. The van der Waals surface area contributed by atoms with Crippen molar-refractivity contribution in [1.82, 2.24) is 4.57 Å². The molecule has 0 saturated heterocycles. The number of fused-ring (bicyclic) bond motifs is 3. The fourth-order valence-corrected chi connectivity index (χ4v) is 4.99. The summed E-state index contributed by atoms with van der Waals surface area (Å²) in [7, 11) is 0. The first-order valence-corrected chi connectivity index (χ1v) is 11.4. The lowest BCUT2D eigenvalue weighted by molar-refractivity contribution is -0.274. The van der Waals surface area contributed by atoms with Gasteiger partial charge in [0.2, 0.25) is 5.91 Å². The summed E-state index contributed by atoms with van der Waals surface area (Å²) in [5, 5.41) is 1.99. The number of nitrogens with zero attached hydrogens (tertiary/aromatic N) is 1. The first kappa shape index (κ1) is 24.0. The Morgan fingerprint density at radius 2 is 1.67 bits per heavy atom. The quantitative estimate of drug-likeness (QED) is 0.255. The zero-order chi connectivity index (χ0) is 25.6. The van der Waals surface area contributed by atoms with E-state index < -0.39 is 12.3 Å². The first-order valence-electron chi connectivity index (χ1n) is 10.7. The van der Waals surface area contributed by atoms with Crippen LogP contribution in [-0.4, -0.2) is 16.8 Å². The van der Waals surface area contributed by atoms with Gasteiger partial charge in [0.05, 0.1) is 17.6 Å². The summed E-state index contributed by atoms with van der Waals surface area (Å²) in [6.07, 6.45) is -4.85. The fourth-order valence-electron chi connectivity index (χ4n) is 4.38. The van der Waals surface area contributed by atoms with Crippen LogP contribution in [0.15, 0.2) is 72.8 Å². The number of carbonyl (C=O) groups excluding carboxylic acids is 1. The molecule has 0 fully saturated rings. The van der Waals surface area contributed by atoms with Crippen molar-refractivity contribution in [3.63, 3.8) is 0 Å². The van der Waals surface area contributed by atoms with Gasteiger partial charge in [0, 0.05) is 37.5 Å². The van der Waals surface area contributed by atoms with Gasteiger partial charge in [0.25, 0.3) is 0 Å². The SMILES string of the molecule is NC(=O)c1cccc2c1c1[c]cc(-c3c(Cl)cccc3Cl)cc1n2Cc1ccccc1OC(F)(F)F. The third kappa shape index (κ3) is 4.36. The number of hydrogen-bond acceptors (Lipinski definition) is 2. The molecular weight excluding hydrogens is 512 g/mol. The van der Waals surface area contributed by atoms with E-state index in [2.05, 4.69) is 10.8 Å². The number of halogens is 5. The zero-order valence-corrected chi connectivity index (χ0v) is 19.9. The Balaban J connectivity index is 1.79. The minimum absolute atomic E-state index is 0.0159. The van der Waals surface area contributed by atoms with Crippen LogP contribution in [0.25, 0.3) is 32.9 Å². The van der Waals surface area contributed by atoms with Crippen LogP contribution in [0.2, 0.25) is 10.0 Å². The highest BCUT2D eigenvalue weighted by Gasteiger charge is 2.32. The third-order valence-electron chi connectivity index (χ3n) is 5.84. The Morgan fingerprint density at radius 3 is 2.36 bits per heavy atom. The van der Waals surface area contributed by atoms with E-state index in [1.807, 2.05) is 6.07 Å². The van der Waals surface area contributed by atoms with E-state index in [0.29, 0.717) is 48.5 Å². The van der Waals surface area contributed by atoms with Crippen molar-refractivity contribution in [2.75, 3.05) is 0 Å². The van der Waals surface area contributed by atoms with E-state index in [0.717, 1.165) is 0 Å². The maximum Gasteiger partial charge on any atom is 0.573 e. The molecule has 36 heavy (non-hydrogen) atoms. The predicted molar refractivity (Wildman–Crippen MR) is 134 cm³/mol. The molecule has 0 atom stereocenters. The molecule has 181 valence electrons. The molecule has 1 radical (unpaired) electrons. The molecule has 1 amide bonds. The smallest absolute Gasteiger partial charge is 0.405 e. The molecule has 1 heterocycles. The van der Waals surface area contributed by atoms with Crippen LogP contribution in [0.3, 0.4) is 0 Å². The Labute approximate surface area is 213 Å². The molecule has 5 rings (SSSR count). The van der Waals surface area contributed by atoms with Crippen molar-refractivity contribution in [3.8, 4) is 16.9 Å². The van der Waals surface area contributed by atoms with E-state index in [1.165, 1.54) is 12.1 Å². The van der Waals surface area contributed by atoms with Crippen LogP contribution in [0.5, 0.6) is 5.75 Å². The van der Waals surface area contributed by atoms with E-state index in [1.54, 1.807) is 59.2 Å². The summed E-state index contributed by atoms with van der Waals surface area (Å²) >= 11 is 12.8. The van der Waals surface area contributed by atoms with Gasteiger partial charge in [-0.1, -0.05) is 53.5 Å². The summed E-state index contributed by atoms with van der Waals surface area (Å²) in [5.74, 6) is -0.951. The maximum atomic E-state index is 13.1. The average Bonchev–Trinajstić information content (AvgIpc) is 3.12. The van der Waals surface area contributed by atoms with Gasteiger partial charge >= 0.3 is 6.36 Å². The molecule has 0 bridgehead atoms. The second-order valence-corrected chi connectivity index (χ2v) is 8.87. The van der Waals surface area contributed by atoms with E-state index >= 15 is 0 Å². The van der Waals surface area contributed by atoms with Crippen molar-refractivity contribution in [2.24, 2.45) is 5.73 Å². The highest BCUT2D eigenvalue weighted by Crippen LogP contribution is 2.39. The number of hydrogen-bond donors (Lipinski definition) is 1. The van der Waals surface area contributed by atoms with Crippen molar-refractivity contribution >= 4 is 50.9 Å². The third-order valence-corrected chi connectivity index (χ3v) is 6.47. The van der Waals surface area contributed by atoms with Gasteiger partial charge in [-0.25, -0.2) is 0 Å². The summed E-state index contributed by atoms with van der Waals surface area (Å²) < 4.78 is 45.2. The molecule has 2 N–H and O–H groups in total. The summed E-state index contributed by atoms with van der Waals surface area (Å²) in [5.41, 5.74) is 8.66. The number of primary amides is 1. The van der Waals surface area contributed by atoms with Crippen molar-refractivity contribution in [1.29, 1.82) is 0 Å². The van der Waals surface area contributed by atoms with E-state index in [-0.39, 0.29) is 17.9 Å². The monoisotopic (exact) mass is 527 g/mol. The molecule has 4 aromatic carbocycles. The Kier molecular flexibility index (Phi) is 6.06. The van der Waals surface area contributed by atoms with Gasteiger partial charge < -0.3 is 15.0 Å². The molecular formula is C27H16Cl2F3N2O2. The molecule has 0 aliphatic carbocycles. The highest BCUT2D eigenvalue weighted by molar-refractivity contribution is 6.39. The van der Waals surface area contributed by atoms with Crippen LogP contribution in [0.4, 0.5) is 13.2 Å². The molecule has 9 heteroatoms. The number of amides is 1. The van der Waals surface area contributed by atoms with Gasteiger partial charge in [-0.05, 0) is 54.1 Å². The molecule has 0 spiro atoms. The normalized spacial score (nSPS) is 11.8. The number of ether oxygens (including phenoxy) is 1. The minimum Gasteiger partial charge on any atom is -0.405 e. The van der Waals surface area contributed by atoms with Gasteiger partial charge in [-0.15, -0.1) is 13.2 Å². The van der Waals surface area contributed by atoms with E-state index in [9.17, 15) is 18.0 Å². The molecule has 0 aliphatic rings. The molecule has 5 aromatic rings. The molecule has 1 aromatic heterocycles. The largest absolute Gasteiger partial charge is 0.573 e. The number of rotatable bonds is 5. The van der Waals surface area contributed by atoms with Crippen molar-refractivity contribution in [3.05, 3.63) is 100 Å². The zero-order valence-electron chi connectivity index (χ0n) is 18.4. The molecule has 0 unspecified atom stereocenters. The van der Waals surface area contributed by atoms with Crippen LogP contribution in [-0.2, 0) is 6.54 Å². The summed E-state index contributed by atoms with van der Waals surface area (Å²) in [6.45, 7) is 0.0159. The average molecular weight is 528 g/mol. The topological polar surface area (TPSA) is 57.2 Å². The lowest BCUT2D eigenvalue weighted by atomic mass is 10.0. The maximum absolute atomic E-state index is 13.1. The number of para-hydroxylation sites is 1. The van der Waals surface area contributed by atoms with Crippen molar-refractivity contribution in [2.45, 2.75) is 12.9 Å². The standard InChI is InChI=1S/C27H16Cl2F3N2O2/c28-19-7-4-8-20(29)24(19)15-11-12-17-22(13-15)34(21-9-3-6-18(25(17)21)26(33)35)14-16-5-1-2-10-23(16)36-27(30,31)32/h1-11,13H,14H2,(H2,33,35). The highest BCUT2D eigenvalue weighted by atomic mass is 35.5.